The minimum atomic E-state index is -0.0798. The lowest BCUT2D eigenvalue weighted by Crippen LogP contribution is -2.34. The van der Waals surface area contributed by atoms with Crippen LogP contribution < -0.4 is 15.6 Å². The molecule has 0 amide bonds. The maximum absolute atomic E-state index is 12.1. The summed E-state index contributed by atoms with van der Waals surface area (Å²) in [4.78, 5) is 12.1. The normalized spacial score (nSPS) is 15.2. The number of ether oxygens (including phenoxy) is 1. The first-order chi connectivity index (χ1) is 12.3. The van der Waals surface area contributed by atoms with E-state index in [1.165, 1.54) is 0 Å². The van der Waals surface area contributed by atoms with Crippen molar-refractivity contribution < 1.29 is 4.74 Å². The molecule has 0 aliphatic carbocycles. The van der Waals surface area contributed by atoms with Crippen LogP contribution in [0.4, 0.5) is 0 Å². The fraction of sp³-hybridized carbons (Fsp3) is 0.278. The highest BCUT2D eigenvalue weighted by Gasteiger charge is 2.18. The van der Waals surface area contributed by atoms with Gasteiger partial charge in [0, 0.05) is 18.3 Å². The van der Waals surface area contributed by atoms with Gasteiger partial charge in [-0.25, -0.2) is 4.68 Å². The van der Waals surface area contributed by atoms with Crippen molar-refractivity contribution in [2.75, 3.05) is 13.1 Å². The third-order valence-corrected chi connectivity index (χ3v) is 4.29. The number of aromatic nitrogens is 4. The van der Waals surface area contributed by atoms with Gasteiger partial charge in [0.2, 0.25) is 0 Å². The molecule has 2 aromatic heterocycles. The second kappa shape index (κ2) is 6.90. The van der Waals surface area contributed by atoms with Gasteiger partial charge in [0.15, 0.2) is 0 Å². The van der Waals surface area contributed by atoms with Gasteiger partial charge in [-0.15, -0.1) is 5.10 Å². The van der Waals surface area contributed by atoms with Gasteiger partial charge in [-0.05, 0) is 44.1 Å². The molecule has 1 fully saturated rings. The molecule has 3 heterocycles. The Hall–Kier alpha value is -2.93. The summed E-state index contributed by atoms with van der Waals surface area (Å²) in [6.45, 7) is 1.89. The number of rotatable bonds is 4. The number of pyridine rings is 1. The average molecular weight is 337 g/mol. The summed E-state index contributed by atoms with van der Waals surface area (Å²) >= 11 is 0. The highest BCUT2D eigenvalue weighted by molar-refractivity contribution is 5.53. The molecule has 0 unspecified atom stereocenters. The van der Waals surface area contributed by atoms with E-state index >= 15 is 0 Å². The van der Waals surface area contributed by atoms with Gasteiger partial charge in [-0.3, -0.25) is 9.36 Å². The third-order valence-electron chi connectivity index (χ3n) is 4.29. The molecule has 1 N–H and O–H groups in total. The zero-order chi connectivity index (χ0) is 17.1. The summed E-state index contributed by atoms with van der Waals surface area (Å²) in [7, 11) is 0. The zero-order valence-electron chi connectivity index (χ0n) is 13.7. The quantitative estimate of drug-likeness (QED) is 0.782. The molecule has 3 aromatic rings. The maximum atomic E-state index is 12.1. The molecule has 7 heteroatoms. The number of nitrogens with one attached hydrogen (secondary N) is 1. The molecule has 1 saturated heterocycles. The Morgan fingerprint density at radius 2 is 2.00 bits per heavy atom. The highest BCUT2D eigenvalue weighted by Crippen LogP contribution is 2.27. The molecule has 0 saturated carbocycles. The summed E-state index contributed by atoms with van der Waals surface area (Å²) in [5.74, 6) is 0.700. The molecule has 25 heavy (non-hydrogen) atoms. The van der Waals surface area contributed by atoms with Crippen LogP contribution in [0.3, 0.4) is 0 Å². The number of piperidine rings is 1. The van der Waals surface area contributed by atoms with Crippen LogP contribution in [0.1, 0.15) is 12.8 Å². The van der Waals surface area contributed by atoms with Crippen molar-refractivity contribution in [3.63, 3.8) is 0 Å². The largest absolute Gasteiger partial charge is 0.488 e. The van der Waals surface area contributed by atoms with Gasteiger partial charge >= 0.3 is 0 Å². The Balaban J connectivity index is 1.75. The SMILES string of the molecule is O=c1ccccn1-c1ccc(-n2ccnn2)c(OC2CCNCC2)c1. The van der Waals surface area contributed by atoms with Crippen LogP contribution in [-0.4, -0.2) is 38.8 Å². The summed E-state index contributed by atoms with van der Waals surface area (Å²) in [5.41, 5.74) is 1.49. The number of hydrogen-bond acceptors (Lipinski definition) is 5. The van der Waals surface area contributed by atoms with Gasteiger partial charge in [-0.1, -0.05) is 11.3 Å². The zero-order valence-corrected chi connectivity index (χ0v) is 13.7. The molecule has 0 atom stereocenters. The van der Waals surface area contributed by atoms with E-state index in [4.69, 9.17) is 4.74 Å². The van der Waals surface area contributed by atoms with Crippen molar-refractivity contribution in [2.45, 2.75) is 18.9 Å². The Labute approximate surface area is 144 Å². The predicted molar refractivity (Wildman–Crippen MR) is 93.5 cm³/mol. The summed E-state index contributed by atoms with van der Waals surface area (Å²) in [6, 6.07) is 10.8. The van der Waals surface area contributed by atoms with E-state index < -0.39 is 0 Å². The van der Waals surface area contributed by atoms with E-state index in [-0.39, 0.29) is 11.7 Å². The van der Waals surface area contributed by atoms with Gasteiger partial charge in [-0.2, -0.15) is 0 Å². The lowest BCUT2D eigenvalue weighted by molar-refractivity contribution is 0.162. The van der Waals surface area contributed by atoms with Crippen molar-refractivity contribution in [3.05, 3.63) is 65.3 Å². The second-order valence-electron chi connectivity index (χ2n) is 5.98. The van der Waals surface area contributed by atoms with E-state index in [0.717, 1.165) is 37.3 Å². The first-order valence-electron chi connectivity index (χ1n) is 8.37. The van der Waals surface area contributed by atoms with Crippen LogP contribution >= 0.6 is 0 Å². The average Bonchev–Trinajstić information content (AvgIpc) is 3.17. The van der Waals surface area contributed by atoms with Crippen molar-refractivity contribution in [1.82, 2.24) is 24.9 Å². The first-order valence-corrected chi connectivity index (χ1v) is 8.37. The Kier molecular flexibility index (Phi) is 4.30. The smallest absolute Gasteiger partial charge is 0.255 e. The Morgan fingerprint density at radius 1 is 1.12 bits per heavy atom. The minimum absolute atomic E-state index is 0.0798. The maximum Gasteiger partial charge on any atom is 0.255 e. The molecule has 7 nitrogen and oxygen atoms in total. The van der Waals surface area contributed by atoms with Gasteiger partial charge in [0.05, 0.1) is 18.1 Å². The first kappa shape index (κ1) is 15.6. The van der Waals surface area contributed by atoms with Crippen LogP contribution in [0.15, 0.2) is 59.8 Å². The molecule has 0 spiro atoms. The topological polar surface area (TPSA) is 74.0 Å². The van der Waals surface area contributed by atoms with Crippen LogP contribution in [0.25, 0.3) is 11.4 Å². The lowest BCUT2D eigenvalue weighted by Gasteiger charge is -2.25. The van der Waals surface area contributed by atoms with Crippen molar-refractivity contribution in [1.29, 1.82) is 0 Å². The van der Waals surface area contributed by atoms with Crippen molar-refractivity contribution >= 4 is 0 Å². The van der Waals surface area contributed by atoms with E-state index in [9.17, 15) is 4.79 Å². The monoisotopic (exact) mass is 337 g/mol. The van der Waals surface area contributed by atoms with E-state index in [1.54, 1.807) is 40.0 Å². The van der Waals surface area contributed by atoms with Gasteiger partial charge < -0.3 is 10.1 Å². The Morgan fingerprint density at radius 3 is 2.76 bits per heavy atom. The molecule has 4 rings (SSSR count). The van der Waals surface area contributed by atoms with Crippen LogP contribution in [0, 0.1) is 0 Å². The highest BCUT2D eigenvalue weighted by atomic mass is 16.5. The number of benzene rings is 1. The summed E-state index contributed by atoms with van der Waals surface area (Å²) < 4.78 is 9.54. The number of nitrogens with zero attached hydrogens (tertiary/aromatic N) is 4. The number of hydrogen-bond donors (Lipinski definition) is 1. The molecule has 1 aromatic carbocycles. The molecule has 128 valence electrons. The molecular formula is C18H19N5O2. The van der Waals surface area contributed by atoms with E-state index in [1.807, 2.05) is 24.3 Å². The Bertz CT molecular complexity index is 898. The van der Waals surface area contributed by atoms with E-state index in [2.05, 4.69) is 15.6 Å². The second-order valence-corrected chi connectivity index (χ2v) is 5.98. The van der Waals surface area contributed by atoms with Gasteiger partial charge in [0.25, 0.3) is 5.56 Å². The van der Waals surface area contributed by atoms with Crippen LogP contribution in [0.5, 0.6) is 5.75 Å². The van der Waals surface area contributed by atoms with Crippen molar-refractivity contribution in [3.8, 4) is 17.1 Å². The van der Waals surface area contributed by atoms with Crippen molar-refractivity contribution in [2.24, 2.45) is 0 Å². The lowest BCUT2D eigenvalue weighted by atomic mass is 10.1. The van der Waals surface area contributed by atoms with Crippen LogP contribution in [-0.2, 0) is 0 Å². The predicted octanol–water partition coefficient (Wildman–Crippen LogP) is 1.55. The summed E-state index contributed by atoms with van der Waals surface area (Å²) in [5, 5.41) is 11.3. The molecule has 1 aliphatic heterocycles. The minimum Gasteiger partial charge on any atom is -0.488 e. The summed E-state index contributed by atoms with van der Waals surface area (Å²) in [6.07, 6.45) is 7.20. The van der Waals surface area contributed by atoms with E-state index in [0.29, 0.717) is 5.75 Å². The molecule has 0 bridgehead atoms. The van der Waals surface area contributed by atoms with Gasteiger partial charge in [0.1, 0.15) is 17.5 Å². The molecule has 1 aliphatic rings. The molecular weight excluding hydrogens is 318 g/mol. The fourth-order valence-electron chi connectivity index (χ4n) is 3.01. The fourth-order valence-corrected chi connectivity index (χ4v) is 3.01. The van der Waals surface area contributed by atoms with Crippen LogP contribution in [0.2, 0.25) is 0 Å². The third kappa shape index (κ3) is 3.32. The molecule has 0 radical (unpaired) electrons. The standard InChI is InChI=1S/C18H19N5O2/c24-18-3-1-2-11-22(18)14-4-5-16(23-12-10-20-21-23)17(13-14)25-15-6-8-19-9-7-15/h1-5,10-13,15,19H,6-9H2.